The average Bonchev–Trinajstić information content (AvgIpc) is 3.12. The summed E-state index contributed by atoms with van der Waals surface area (Å²) in [6.07, 6.45) is 3.44. The summed E-state index contributed by atoms with van der Waals surface area (Å²) in [6.45, 7) is 1.86. The van der Waals surface area contributed by atoms with Gasteiger partial charge in [-0.15, -0.1) is 0 Å². The molecule has 6 nitrogen and oxygen atoms in total. The van der Waals surface area contributed by atoms with E-state index in [1.807, 2.05) is 18.5 Å². The fraction of sp³-hybridized carbons (Fsp3) is 0.238. The minimum atomic E-state index is -0.550. The van der Waals surface area contributed by atoms with Crippen molar-refractivity contribution in [1.29, 1.82) is 0 Å². The zero-order valence-corrected chi connectivity index (χ0v) is 16.2. The molecule has 0 aliphatic rings. The number of benzene rings is 2. The zero-order valence-electron chi connectivity index (χ0n) is 16.2. The van der Waals surface area contributed by atoms with Crippen molar-refractivity contribution in [3.8, 4) is 11.5 Å². The van der Waals surface area contributed by atoms with Gasteiger partial charge in [-0.1, -0.05) is 12.1 Å². The molecule has 2 aromatic carbocycles. The maximum Gasteiger partial charge on any atom is 0.252 e. The third-order valence-corrected chi connectivity index (χ3v) is 4.61. The number of carbonyl (C=O) groups excluding carboxylic acids is 1. The molecule has 3 rings (SSSR count). The van der Waals surface area contributed by atoms with E-state index in [1.54, 1.807) is 50.9 Å². The summed E-state index contributed by atoms with van der Waals surface area (Å²) >= 11 is 0. The molecule has 1 amide bonds. The van der Waals surface area contributed by atoms with Crippen LogP contribution in [0.15, 0.2) is 48.8 Å². The largest absolute Gasteiger partial charge is 0.496 e. The fourth-order valence-electron chi connectivity index (χ4n) is 3.04. The van der Waals surface area contributed by atoms with Crippen LogP contribution in [0, 0.1) is 12.7 Å². The molecule has 1 aromatic heterocycles. The Labute approximate surface area is 162 Å². The predicted molar refractivity (Wildman–Crippen MR) is 103 cm³/mol. The van der Waals surface area contributed by atoms with Crippen LogP contribution in [-0.2, 0) is 7.05 Å². The summed E-state index contributed by atoms with van der Waals surface area (Å²) in [7, 11) is 4.92. The lowest BCUT2D eigenvalue weighted by molar-refractivity contribution is 0.0940. The highest BCUT2D eigenvalue weighted by atomic mass is 19.1. The molecule has 0 unspecified atom stereocenters. The van der Waals surface area contributed by atoms with Gasteiger partial charge in [0.15, 0.2) is 0 Å². The van der Waals surface area contributed by atoms with E-state index in [4.69, 9.17) is 9.47 Å². The molecular formula is C21H22FN3O3. The zero-order chi connectivity index (χ0) is 20.3. The summed E-state index contributed by atoms with van der Waals surface area (Å²) in [5.74, 6) is 1.07. The number of ether oxygens (including phenoxy) is 2. The normalized spacial score (nSPS) is 11.8. The highest BCUT2D eigenvalue weighted by Crippen LogP contribution is 2.30. The number of nitrogens with one attached hydrogen (secondary N) is 1. The van der Waals surface area contributed by atoms with Gasteiger partial charge >= 0.3 is 0 Å². The second kappa shape index (κ2) is 8.12. The van der Waals surface area contributed by atoms with Gasteiger partial charge in [0.1, 0.15) is 29.2 Å². The Hall–Kier alpha value is -3.35. The first kappa shape index (κ1) is 19.4. The highest BCUT2D eigenvalue weighted by Gasteiger charge is 2.23. The van der Waals surface area contributed by atoms with Crippen LogP contribution in [0.25, 0.3) is 0 Å². The van der Waals surface area contributed by atoms with Crippen LogP contribution in [0.1, 0.15) is 33.4 Å². The van der Waals surface area contributed by atoms with Crippen LogP contribution < -0.4 is 14.8 Å². The van der Waals surface area contributed by atoms with Gasteiger partial charge in [-0.2, -0.15) is 0 Å². The monoisotopic (exact) mass is 383 g/mol. The molecule has 0 saturated heterocycles. The second-order valence-corrected chi connectivity index (χ2v) is 6.36. The number of amides is 1. The number of hydrogen-bond acceptors (Lipinski definition) is 4. The van der Waals surface area contributed by atoms with Gasteiger partial charge in [-0.05, 0) is 36.8 Å². The van der Waals surface area contributed by atoms with Crippen LogP contribution in [0.2, 0.25) is 0 Å². The van der Waals surface area contributed by atoms with E-state index in [0.717, 1.165) is 11.1 Å². The standard InChI is InChI=1S/C21H22FN3O3/c1-13-17(27-3)11-15(12-18(13)28-4)21(26)24-19(20-23-9-10-25(20)2)14-5-7-16(22)8-6-14/h5-12,19H,1-4H3,(H,24,26)/t19-/m0/s1. The first-order chi connectivity index (χ1) is 13.4. The Kier molecular flexibility index (Phi) is 5.63. The van der Waals surface area contributed by atoms with Crippen molar-refractivity contribution in [3.63, 3.8) is 0 Å². The third-order valence-electron chi connectivity index (χ3n) is 4.61. The molecule has 146 valence electrons. The molecule has 1 heterocycles. The smallest absolute Gasteiger partial charge is 0.252 e. The summed E-state index contributed by atoms with van der Waals surface area (Å²) in [5.41, 5.74) is 1.91. The Balaban J connectivity index is 1.98. The minimum absolute atomic E-state index is 0.325. The van der Waals surface area contributed by atoms with E-state index in [1.165, 1.54) is 12.1 Å². The van der Waals surface area contributed by atoms with Crippen molar-refractivity contribution in [2.45, 2.75) is 13.0 Å². The van der Waals surface area contributed by atoms with E-state index in [2.05, 4.69) is 10.3 Å². The maximum atomic E-state index is 13.4. The molecule has 0 bridgehead atoms. The van der Waals surface area contributed by atoms with Crippen molar-refractivity contribution in [3.05, 3.63) is 77.1 Å². The van der Waals surface area contributed by atoms with Crippen molar-refractivity contribution in [2.75, 3.05) is 14.2 Å². The lowest BCUT2D eigenvalue weighted by atomic mass is 10.0. The molecule has 0 fully saturated rings. The molecule has 7 heteroatoms. The Morgan fingerprint density at radius 1 is 1.14 bits per heavy atom. The second-order valence-electron chi connectivity index (χ2n) is 6.36. The number of rotatable bonds is 6. The number of aryl methyl sites for hydroxylation is 1. The lowest BCUT2D eigenvalue weighted by Gasteiger charge is -2.20. The Bertz CT molecular complexity index is 958. The molecule has 3 aromatic rings. The van der Waals surface area contributed by atoms with Gasteiger partial charge in [0, 0.05) is 30.6 Å². The summed E-state index contributed by atoms with van der Waals surface area (Å²) in [4.78, 5) is 17.4. The molecule has 0 saturated carbocycles. The van der Waals surface area contributed by atoms with Crippen molar-refractivity contribution in [1.82, 2.24) is 14.9 Å². The number of methoxy groups -OCH3 is 2. The summed E-state index contributed by atoms with van der Waals surface area (Å²) in [5, 5.41) is 2.98. The number of aromatic nitrogens is 2. The van der Waals surface area contributed by atoms with Gasteiger partial charge in [-0.25, -0.2) is 9.37 Å². The van der Waals surface area contributed by atoms with Gasteiger partial charge in [-0.3, -0.25) is 4.79 Å². The fourth-order valence-corrected chi connectivity index (χ4v) is 3.04. The van der Waals surface area contributed by atoms with Crippen LogP contribution in [-0.4, -0.2) is 29.7 Å². The lowest BCUT2D eigenvalue weighted by Crippen LogP contribution is -2.31. The van der Waals surface area contributed by atoms with Gasteiger partial charge in [0.05, 0.1) is 14.2 Å². The molecule has 0 spiro atoms. The first-order valence-corrected chi connectivity index (χ1v) is 8.70. The highest BCUT2D eigenvalue weighted by molar-refractivity contribution is 5.95. The number of nitrogens with zero attached hydrogens (tertiary/aromatic N) is 2. The van der Waals surface area contributed by atoms with Crippen LogP contribution in [0.3, 0.4) is 0 Å². The van der Waals surface area contributed by atoms with Crippen LogP contribution >= 0.6 is 0 Å². The number of carbonyl (C=O) groups is 1. The van der Waals surface area contributed by atoms with Gasteiger partial charge < -0.3 is 19.4 Å². The number of halogens is 1. The van der Waals surface area contributed by atoms with Crippen LogP contribution in [0.4, 0.5) is 4.39 Å². The molecule has 1 N–H and O–H groups in total. The van der Waals surface area contributed by atoms with Gasteiger partial charge in [0.2, 0.25) is 0 Å². The van der Waals surface area contributed by atoms with E-state index in [0.29, 0.717) is 22.9 Å². The number of imidazole rings is 1. The molecule has 0 aliphatic heterocycles. The summed E-state index contributed by atoms with van der Waals surface area (Å²) in [6, 6.07) is 8.74. The van der Waals surface area contributed by atoms with Crippen molar-refractivity contribution in [2.24, 2.45) is 7.05 Å². The van der Waals surface area contributed by atoms with E-state index in [9.17, 15) is 9.18 Å². The SMILES string of the molecule is COc1cc(C(=O)N[C@@H](c2ccc(F)cc2)c2nccn2C)cc(OC)c1C. The first-order valence-electron chi connectivity index (χ1n) is 8.70. The quantitative estimate of drug-likeness (QED) is 0.709. The van der Waals surface area contributed by atoms with E-state index >= 15 is 0 Å². The number of hydrogen-bond donors (Lipinski definition) is 1. The summed E-state index contributed by atoms with van der Waals surface area (Å²) < 4.78 is 25.9. The van der Waals surface area contributed by atoms with E-state index in [-0.39, 0.29) is 11.7 Å². The predicted octanol–water partition coefficient (Wildman–Crippen LogP) is 3.40. The molecular weight excluding hydrogens is 361 g/mol. The Morgan fingerprint density at radius 3 is 2.25 bits per heavy atom. The van der Waals surface area contributed by atoms with E-state index < -0.39 is 6.04 Å². The maximum absolute atomic E-state index is 13.4. The molecule has 0 aliphatic carbocycles. The third kappa shape index (κ3) is 3.83. The van der Waals surface area contributed by atoms with Gasteiger partial charge in [0.25, 0.3) is 5.91 Å². The van der Waals surface area contributed by atoms with Crippen LogP contribution in [0.5, 0.6) is 11.5 Å². The average molecular weight is 383 g/mol. The van der Waals surface area contributed by atoms with Crippen molar-refractivity contribution < 1.29 is 18.7 Å². The minimum Gasteiger partial charge on any atom is -0.496 e. The Morgan fingerprint density at radius 2 is 1.75 bits per heavy atom. The van der Waals surface area contributed by atoms with Crippen molar-refractivity contribution >= 4 is 5.91 Å². The molecule has 28 heavy (non-hydrogen) atoms. The topological polar surface area (TPSA) is 65.4 Å². The molecule has 0 radical (unpaired) electrons. The molecule has 1 atom stereocenters.